The van der Waals surface area contributed by atoms with Crippen LogP contribution in [0.4, 0.5) is 18.9 Å². The van der Waals surface area contributed by atoms with Crippen LogP contribution < -0.4 is 10.6 Å². The van der Waals surface area contributed by atoms with Gasteiger partial charge in [0.1, 0.15) is 6.54 Å². The molecule has 0 atom stereocenters. The number of carbonyl (C=O) groups excluding carboxylic acids is 2. The lowest BCUT2D eigenvalue weighted by Gasteiger charge is -2.09. The van der Waals surface area contributed by atoms with E-state index in [1.807, 2.05) is 36.5 Å². The van der Waals surface area contributed by atoms with Crippen LogP contribution in [0.3, 0.4) is 0 Å². The van der Waals surface area contributed by atoms with Gasteiger partial charge in [0, 0.05) is 5.69 Å². The number of halogens is 3. The van der Waals surface area contributed by atoms with Crippen molar-refractivity contribution in [3.63, 3.8) is 0 Å². The zero-order valence-electron chi connectivity index (χ0n) is 14.2. The maximum atomic E-state index is 12.1. The average molecular weight is 364 g/mol. The van der Waals surface area contributed by atoms with E-state index in [9.17, 15) is 22.8 Å². The lowest BCUT2D eigenvalue weighted by molar-refractivity contribution is -0.138. The molecule has 2 amide bonds. The van der Waals surface area contributed by atoms with Gasteiger partial charge in [0.15, 0.2) is 0 Å². The Labute approximate surface area is 149 Å². The van der Waals surface area contributed by atoms with Crippen LogP contribution in [0, 0.1) is 6.92 Å². The molecule has 0 aliphatic carbocycles. The van der Waals surface area contributed by atoms with Gasteiger partial charge < -0.3 is 10.6 Å². The maximum absolute atomic E-state index is 12.1. The van der Waals surface area contributed by atoms with Crippen LogP contribution in [0.25, 0.3) is 0 Å². The molecule has 2 aromatic rings. The van der Waals surface area contributed by atoms with Crippen LogP contribution in [0.1, 0.15) is 16.7 Å². The number of nitrogens with one attached hydrogen (secondary N) is 2. The summed E-state index contributed by atoms with van der Waals surface area (Å²) in [7, 11) is 0. The van der Waals surface area contributed by atoms with E-state index in [1.165, 1.54) is 0 Å². The van der Waals surface area contributed by atoms with Crippen molar-refractivity contribution < 1.29 is 22.8 Å². The molecule has 2 aromatic carbocycles. The third-order valence-corrected chi connectivity index (χ3v) is 3.54. The predicted octanol–water partition coefficient (Wildman–Crippen LogP) is 3.40. The van der Waals surface area contributed by atoms with Gasteiger partial charge in [-0.3, -0.25) is 9.59 Å². The van der Waals surface area contributed by atoms with Gasteiger partial charge in [-0.15, -0.1) is 0 Å². The first-order chi connectivity index (χ1) is 12.2. The van der Waals surface area contributed by atoms with Crippen LogP contribution in [0.5, 0.6) is 0 Å². The molecule has 2 rings (SSSR count). The van der Waals surface area contributed by atoms with Gasteiger partial charge in [-0.2, -0.15) is 13.2 Å². The molecule has 4 nitrogen and oxygen atoms in total. The first-order valence-electron chi connectivity index (χ1n) is 7.99. The molecule has 26 heavy (non-hydrogen) atoms. The van der Waals surface area contributed by atoms with E-state index >= 15 is 0 Å². The van der Waals surface area contributed by atoms with E-state index in [0.717, 1.165) is 11.1 Å². The van der Waals surface area contributed by atoms with Crippen molar-refractivity contribution in [1.29, 1.82) is 0 Å². The summed E-state index contributed by atoms with van der Waals surface area (Å²) in [5.41, 5.74) is 3.09. The van der Waals surface area contributed by atoms with Crippen molar-refractivity contribution in [2.45, 2.75) is 25.9 Å². The fourth-order valence-corrected chi connectivity index (χ4v) is 2.37. The number of rotatable bonds is 6. The van der Waals surface area contributed by atoms with Crippen molar-refractivity contribution in [3.8, 4) is 0 Å². The van der Waals surface area contributed by atoms with Crippen LogP contribution in [0.2, 0.25) is 0 Å². The Bertz CT molecular complexity index is 771. The molecule has 2 N–H and O–H groups in total. The van der Waals surface area contributed by atoms with Gasteiger partial charge in [0.25, 0.3) is 0 Å². The average Bonchev–Trinajstić information content (AvgIpc) is 2.54. The zero-order valence-corrected chi connectivity index (χ0v) is 14.2. The second kappa shape index (κ2) is 8.51. The zero-order chi connectivity index (χ0) is 19.2. The van der Waals surface area contributed by atoms with Crippen molar-refractivity contribution >= 4 is 17.5 Å². The molecule has 0 saturated carbocycles. The minimum Gasteiger partial charge on any atom is -0.347 e. The lowest BCUT2D eigenvalue weighted by atomic mass is 10.1. The summed E-state index contributed by atoms with van der Waals surface area (Å²) >= 11 is 0. The van der Waals surface area contributed by atoms with Gasteiger partial charge in [-0.05, 0) is 30.2 Å². The number of hydrogen-bond donors (Lipinski definition) is 2. The molecule has 0 bridgehead atoms. The summed E-state index contributed by atoms with van der Waals surface area (Å²) in [4.78, 5) is 23.5. The number of benzene rings is 2. The Hall–Kier alpha value is -2.83. The largest absolute Gasteiger partial charge is 0.405 e. The lowest BCUT2D eigenvalue weighted by Crippen LogP contribution is -2.34. The summed E-state index contributed by atoms with van der Waals surface area (Å²) in [6, 6.07) is 14.0. The molecule has 0 saturated heterocycles. The summed E-state index contributed by atoms with van der Waals surface area (Å²) in [5.74, 6) is -0.884. The molecule has 0 fully saturated rings. The summed E-state index contributed by atoms with van der Waals surface area (Å²) in [6.07, 6.45) is -4.35. The number of carbonyl (C=O) groups is 2. The Morgan fingerprint density at radius 3 is 2.19 bits per heavy atom. The van der Waals surface area contributed by atoms with Crippen LogP contribution in [-0.2, 0) is 22.4 Å². The molecule has 7 heteroatoms. The molecule has 0 aliphatic rings. The van der Waals surface area contributed by atoms with E-state index < -0.39 is 18.6 Å². The summed E-state index contributed by atoms with van der Waals surface area (Å²) in [6.45, 7) is 0.601. The van der Waals surface area contributed by atoms with Gasteiger partial charge in [0.2, 0.25) is 11.8 Å². The maximum Gasteiger partial charge on any atom is 0.405 e. The fraction of sp³-hybridized carbons (Fsp3) is 0.263. The first kappa shape index (κ1) is 19.5. The highest BCUT2D eigenvalue weighted by Gasteiger charge is 2.27. The quantitative estimate of drug-likeness (QED) is 0.825. The third kappa shape index (κ3) is 6.96. The number of anilines is 1. The van der Waals surface area contributed by atoms with Gasteiger partial charge in [0.05, 0.1) is 12.8 Å². The van der Waals surface area contributed by atoms with Crippen LogP contribution in [0.15, 0.2) is 48.5 Å². The van der Waals surface area contributed by atoms with Gasteiger partial charge >= 0.3 is 6.18 Å². The molecular formula is C19H19F3N2O2. The number of amides is 2. The Balaban J connectivity index is 1.85. The topological polar surface area (TPSA) is 58.2 Å². The highest BCUT2D eigenvalue weighted by molar-refractivity contribution is 5.92. The molecule has 0 heterocycles. The Kier molecular flexibility index (Phi) is 6.38. The van der Waals surface area contributed by atoms with Crippen molar-refractivity contribution in [3.05, 3.63) is 65.2 Å². The van der Waals surface area contributed by atoms with E-state index in [0.29, 0.717) is 11.3 Å². The molecule has 0 radical (unpaired) electrons. The van der Waals surface area contributed by atoms with Gasteiger partial charge in [-0.1, -0.05) is 42.0 Å². The highest BCUT2D eigenvalue weighted by Crippen LogP contribution is 2.14. The van der Waals surface area contributed by atoms with E-state index in [1.54, 1.807) is 24.3 Å². The third-order valence-electron chi connectivity index (χ3n) is 3.54. The second-order valence-corrected chi connectivity index (χ2v) is 5.98. The molecule has 0 spiro atoms. The van der Waals surface area contributed by atoms with Crippen molar-refractivity contribution in [2.75, 3.05) is 11.9 Å². The number of alkyl halides is 3. The molecule has 0 aliphatic heterocycles. The Morgan fingerprint density at radius 1 is 0.923 bits per heavy atom. The summed E-state index contributed by atoms with van der Waals surface area (Å²) in [5, 5.41) is 4.56. The SMILES string of the molecule is Cc1cccc(CC(=O)Nc2ccc(CC(=O)NCC(F)(F)F)cc2)c1. The van der Waals surface area contributed by atoms with Gasteiger partial charge in [-0.25, -0.2) is 0 Å². The standard InChI is InChI=1S/C19H19F3N2O2/c1-13-3-2-4-15(9-13)11-18(26)24-16-7-5-14(6-8-16)10-17(25)23-12-19(20,21)22/h2-9H,10-12H2,1H3,(H,23,25)(H,24,26). The first-order valence-corrected chi connectivity index (χ1v) is 7.99. The fourth-order valence-electron chi connectivity index (χ4n) is 2.37. The molecule has 138 valence electrons. The van der Waals surface area contributed by atoms with Crippen molar-refractivity contribution in [2.24, 2.45) is 0 Å². The van der Waals surface area contributed by atoms with E-state index in [-0.39, 0.29) is 18.7 Å². The van der Waals surface area contributed by atoms with E-state index in [4.69, 9.17) is 0 Å². The molecule has 0 unspecified atom stereocenters. The van der Waals surface area contributed by atoms with E-state index in [2.05, 4.69) is 5.32 Å². The minimum absolute atomic E-state index is 0.159. The molecule has 0 aromatic heterocycles. The second-order valence-electron chi connectivity index (χ2n) is 5.98. The number of hydrogen-bond acceptors (Lipinski definition) is 2. The normalized spacial score (nSPS) is 11.1. The smallest absolute Gasteiger partial charge is 0.347 e. The Morgan fingerprint density at radius 2 is 1.58 bits per heavy atom. The monoisotopic (exact) mass is 364 g/mol. The highest BCUT2D eigenvalue weighted by atomic mass is 19.4. The molecular weight excluding hydrogens is 345 g/mol. The number of aryl methyl sites for hydroxylation is 1. The predicted molar refractivity (Wildman–Crippen MR) is 92.7 cm³/mol. The summed E-state index contributed by atoms with van der Waals surface area (Å²) < 4.78 is 36.2. The minimum atomic E-state index is -4.43. The van der Waals surface area contributed by atoms with Crippen LogP contribution >= 0.6 is 0 Å². The van der Waals surface area contributed by atoms with Crippen molar-refractivity contribution in [1.82, 2.24) is 5.32 Å². The van der Waals surface area contributed by atoms with Crippen LogP contribution in [-0.4, -0.2) is 24.5 Å².